The number of halogens is 2. The molecule has 0 saturated heterocycles. The number of alkyl carbamates (subject to hydrolysis) is 1. The van der Waals surface area contributed by atoms with Crippen LogP contribution in [0.5, 0.6) is 0 Å². The van der Waals surface area contributed by atoms with Crippen LogP contribution in [0.1, 0.15) is 38.8 Å². The average Bonchev–Trinajstić information content (AvgIpc) is 2.30. The predicted octanol–water partition coefficient (Wildman–Crippen LogP) is 3.63. The fraction of sp³-hybridized carbons (Fsp3) is 0.429. The number of hydrogen-bond donors (Lipinski definition) is 1. The summed E-state index contributed by atoms with van der Waals surface area (Å²) in [5.74, 6) is -0.655. The summed E-state index contributed by atoms with van der Waals surface area (Å²) in [6.45, 7) is 5.13. The highest BCUT2D eigenvalue weighted by molar-refractivity contribution is 6.30. The summed E-state index contributed by atoms with van der Waals surface area (Å²) in [5, 5.41) is 2.40. The van der Waals surface area contributed by atoms with E-state index in [1.54, 1.807) is 26.8 Å². The first-order valence-electron chi connectivity index (χ1n) is 6.11. The van der Waals surface area contributed by atoms with Gasteiger partial charge < -0.3 is 14.8 Å². The Hall–Kier alpha value is -1.62. The number of aldehydes is 1. The molecule has 1 N–H and O–H groups in total. The second-order valence-electron chi connectivity index (χ2n) is 5.24. The maximum Gasteiger partial charge on any atom is 0.408 e. The first-order valence-corrected chi connectivity index (χ1v) is 6.49. The van der Waals surface area contributed by atoms with E-state index in [9.17, 15) is 14.0 Å². The fourth-order valence-electron chi connectivity index (χ4n) is 1.60. The molecule has 0 aromatic heterocycles. The number of hydrogen-bond acceptors (Lipinski definition) is 3. The predicted molar refractivity (Wildman–Crippen MR) is 74.2 cm³/mol. The van der Waals surface area contributed by atoms with E-state index in [4.69, 9.17) is 16.3 Å². The molecular weight excluding hydrogens is 285 g/mol. The lowest BCUT2D eigenvalue weighted by Gasteiger charge is -2.23. The van der Waals surface area contributed by atoms with Crippen LogP contribution in [0.2, 0.25) is 5.02 Å². The van der Waals surface area contributed by atoms with E-state index in [1.807, 2.05) is 0 Å². The Morgan fingerprint density at radius 1 is 1.50 bits per heavy atom. The molecule has 20 heavy (non-hydrogen) atoms. The number of amides is 1. The number of carbonyl (C=O) groups is 2. The van der Waals surface area contributed by atoms with E-state index >= 15 is 0 Å². The zero-order chi connectivity index (χ0) is 15.3. The van der Waals surface area contributed by atoms with Gasteiger partial charge in [0.1, 0.15) is 17.7 Å². The molecule has 1 amide bonds. The lowest BCUT2D eigenvalue weighted by atomic mass is 10.0. The van der Waals surface area contributed by atoms with Crippen molar-refractivity contribution in [2.45, 2.75) is 38.8 Å². The van der Waals surface area contributed by atoms with Gasteiger partial charge in [-0.2, -0.15) is 0 Å². The van der Waals surface area contributed by atoms with Crippen molar-refractivity contribution in [3.63, 3.8) is 0 Å². The molecule has 1 rings (SSSR count). The summed E-state index contributed by atoms with van der Waals surface area (Å²) in [6.07, 6.45) is -0.192. The van der Waals surface area contributed by atoms with Crippen molar-refractivity contribution in [1.29, 1.82) is 0 Å². The van der Waals surface area contributed by atoms with Crippen LogP contribution in [-0.2, 0) is 9.53 Å². The third kappa shape index (κ3) is 4.81. The van der Waals surface area contributed by atoms with Crippen LogP contribution in [0.4, 0.5) is 9.18 Å². The highest BCUT2D eigenvalue weighted by Crippen LogP contribution is 2.25. The maximum atomic E-state index is 13.9. The van der Waals surface area contributed by atoms with Crippen LogP contribution in [0.15, 0.2) is 18.2 Å². The van der Waals surface area contributed by atoms with E-state index in [1.165, 1.54) is 12.1 Å². The molecule has 0 heterocycles. The third-order valence-corrected chi connectivity index (χ3v) is 2.67. The van der Waals surface area contributed by atoms with Gasteiger partial charge in [0.2, 0.25) is 0 Å². The molecule has 1 aromatic carbocycles. The number of nitrogens with one attached hydrogen (secondary N) is 1. The summed E-state index contributed by atoms with van der Waals surface area (Å²) >= 11 is 5.69. The molecule has 0 bridgehead atoms. The van der Waals surface area contributed by atoms with Gasteiger partial charge in [-0.05, 0) is 26.8 Å². The molecule has 0 fully saturated rings. The largest absolute Gasteiger partial charge is 0.444 e. The molecule has 1 aromatic rings. The van der Waals surface area contributed by atoms with Crippen molar-refractivity contribution in [3.8, 4) is 0 Å². The van der Waals surface area contributed by atoms with E-state index in [-0.39, 0.29) is 17.0 Å². The van der Waals surface area contributed by atoms with Gasteiger partial charge in [0, 0.05) is 12.0 Å². The van der Waals surface area contributed by atoms with Gasteiger partial charge in [-0.25, -0.2) is 9.18 Å². The maximum absolute atomic E-state index is 13.9. The second-order valence-corrected chi connectivity index (χ2v) is 5.65. The first kappa shape index (κ1) is 16.4. The number of carbonyl (C=O) groups excluding carboxylic acids is 2. The fourth-order valence-corrected chi connectivity index (χ4v) is 1.78. The van der Waals surface area contributed by atoms with Crippen LogP contribution in [0.25, 0.3) is 0 Å². The lowest BCUT2D eigenvalue weighted by Crippen LogP contribution is -2.35. The van der Waals surface area contributed by atoms with E-state index < -0.39 is 23.6 Å². The Morgan fingerprint density at radius 2 is 2.15 bits per heavy atom. The van der Waals surface area contributed by atoms with Gasteiger partial charge in [0.15, 0.2) is 0 Å². The van der Waals surface area contributed by atoms with Crippen LogP contribution in [0.3, 0.4) is 0 Å². The highest BCUT2D eigenvalue weighted by atomic mass is 35.5. The molecule has 0 spiro atoms. The number of benzene rings is 1. The second kappa shape index (κ2) is 6.70. The highest BCUT2D eigenvalue weighted by Gasteiger charge is 2.23. The molecule has 110 valence electrons. The summed E-state index contributed by atoms with van der Waals surface area (Å²) in [5.41, 5.74) is -0.529. The molecule has 0 aliphatic heterocycles. The van der Waals surface area contributed by atoms with Crippen molar-refractivity contribution in [3.05, 3.63) is 34.6 Å². The van der Waals surface area contributed by atoms with Crippen molar-refractivity contribution < 1.29 is 18.7 Å². The van der Waals surface area contributed by atoms with Gasteiger partial charge in [-0.1, -0.05) is 23.7 Å². The van der Waals surface area contributed by atoms with Crippen LogP contribution in [0, 0.1) is 5.82 Å². The van der Waals surface area contributed by atoms with Crippen molar-refractivity contribution in [1.82, 2.24) is 5.32 Å². The zero-order valence-corrected chi connectivity index (χ0v) is 12.3. The average molecular weight is 302 g/mol. The molecule has 0 unspecified atom stereocenters. The van der Waals surface area contributed by atoms with Crippen molar-refractivity contribution in [2.75, 3.05) is 0 Å². The van der Waals surface area contributed by atoms with Crippen molar-refractivity contribution in [2.24, 2.45) is 0 Å². The molecule has 0 radical (unpaired) electrons. The van der Waals surface area contributed by atoms with Gasteiger partial charge in [0.05, 0.1) is 11.1 Å². The molecular formula is C14H17ClFNO3. The van der Waals surface area contributed by atoms with Crippen LogP contribution in [-0.4, -0.2) is 18.0 Å². The minimum absolute atomic E-state index is 0.0654. The molecule has 6 heteroatoms. The third-order valence-electron chi connectivity index (χ3n) is 2.38. The Bertz CT molecular complexity index is 500. The summed E-state index contributed by atoms with van der Waals surface area (Å²) in [7, 11) is 0. The van der Waals surface area contributed by atoms with Gasteiger partial charge in [0.25, 0.3) is 0 Å². The summed E-state index contributed by atoms with van der Waals surface area (Å²) in [6, 6.07) is 3.59. The van der Waals surface area contributed by atoms with Gasteiger partial charge in [-0.15, -0.1) is 0 Å². The first-order chi connectivity index (χ1) is 9.24. The monoisotopic (exact) mass is 301 g/mol. The molecule has 4 nitrogen and oxygen atoms in total. The van der Waals surface area contributed by atoms with Gasteiger partial charge >= 0.3 is 6.09 Å². The molecule has 0 aliphatic rings. The van der Waals surface area contributed by atoms with E-state index in [0.717, 1.165) is 0 Å². The molecule has 0 aliphatic carbocycles. The minimum Gasteiger partial charge on any atom is -0.444 e. The van der Waals surface area contributed by atoms with Crippen molar-refractivity contribution >= 4 is 24.0 Å². The topological polar surface area (TPSA) is 55.4 Å². The van der Waals surface area contributed by atoms with Gasteiger partial charge in [-0.3, -0.25) is 0 Å². The Morgan fingerprint density at radius 3 is 2.70 bits per heavy atom. The number of ether oxygens (including phenoxy) is 1. The Balaban J connectivity index is 2.92. The van der Waals surface area contributed by atoms with Crippen LogP contribution >= 0.6 is 11.6 Å². The summed E-state index contributed by atoms with van der Waals surface area (Å²) < 4.78 is 19.0. The van der Waals surface area contributed by atoms with E-state index in [2.05, 4.69) is 5.32 Å². The smallest absolute Gasteiger partial charge is 0.408 e. The molecule has 1 atom stereocenters. The van der Waals surface area contributed by atoms with E-state index in [0.29, 0.717) is 6.29 Å². The normalized spacial score (nSPS) is 12.7. The quantitative estimate of drug-likeness (QED) is 0.864. The molecule has 0 saturated carbocycles. The van der Waals surface area contributed by atoms with Crippen LogP contribution < -0.4 is 5.32 Å². The zero-order valence-electron chi connectivity index (χ0n) is 11.6. The Labute approximate surface area is 122 Å². The Kier molecular flexibility index (Phi) is 5.51. The SMILES string of the molecule is CC(C)(C)OC(=O)N[C@H](CC=O)c1cccc(Cl)c1F. The summed E-state index contributed by atoms with van der Waals surface area (Å²) in [4.78, 5) is 22.4. The number of rotatable bonds is 4. The minimum atomic E-state index is -0.818. The standard InChI is InChI=1S/C14H17ClFNO3/c1-14(2,3)20-13(19)17-11(7-8-18)9-5-4-6-10(15)12(9)16/h4-6,8,11H,7H2,1-3H3,(H,17,19)/t11-/m1/s1. The lowest BCUT2D eigenvalue weighted by molar-refractivity contribution is -0.108.